The highest BCUT2D eigenvalue weighted by Crippen LogP contribution is 2.17. The molecule has 0 N–H and O–H groups in total. The van der Waals surface area contributed by atoms with Crippen LogP contribution in [0.5, 0.6) is 0 Å². The predicted octanol–water partition coefficient (Wildman–Crippen LogP) is 16.7. The minimum atomic E-state index is -0.150. The first-order valence-corrected chi connectivity index (χ1v) is 22.6. The van der Waals surface area contributed by atoms with Crippen LogP contribution >= 0.6 is 0 Å². The van der Waals surface area contributed by atoms with E-state index in [1.807, 2.05) is 6.08 Å². The third kappa shape index (κ3) is 43.2. The molecule has 0 unspecified atom stereocenters. The van der Waals surface area contributed by atoms with E-state index < -0.39 is 0 Å². The molecule has 0 aliphatic carbocycles. The normalized spacial score (nSPS) is 11.6. The number of hydrogen-bond acceptors (Lipinski definition) is 2. The van der Waals surface area contributed by atoms with Crippen LogP contribution in [0.3, 0.4) is 0 Å². The molecule has 286 valence electrons. The summed E-state index contributed by atoms with van der Waals surface area (Å²) in [4.78, 5) is 11.9. The van der Waals surface area contributed by atoms with Crippen molar-refractivity contribution in [2.75, 3.05) is 6.61 Å². The number of ether oxygens (including phenoxy) is 1. The van der Waals surface area contributed by atoms with E-state index in [1.165, 1.54) is 244 Å². The first-order chi connectivity index (χ1) is 23.8. The molecule has 0 amide bonds. The molecule has 2 heteroatoms. The zero-order valence-electron chi connectivity index (χ0n) is 33.5. The van der Waals surface area contributed by atoms with E-state index in [-0.39, 0.29) is 5.97 Å². The Balaban J connectivity index is 3.16. The number of carbonyl (C=O) groups excluding carboxylic acids is 1. The van der Waals surface area contributed by atoms with Crippen molar-refractivity contribution in [1.82, 2.24) is 0 Å². The molecular weight excluding hydrogens is 585 g/mol. The fourth-order valence-corrected chi connectivity index (χ4v) is 7.10. The highest BCUT2D eigenvalue weighted by Gasteiger charge is 1.99. The largest absolute Gasteiger partial charge is 0.463 e. The van der Waals surface area contributed by atoms with Crippen molar-refractivity contribution in [3.63, 3.8) is 0 Å². The Morgan fingerprint density at radius 2 is 0.562 bits per heavy atom. The quantitative estimate of drug-likeness (QED) is 0.0366. The van der Waals surface area contributed by atoms with Gasteiger partial charge in [-0.15, -0.1) is 0 Å². The minimum absolute atomic E-state index is 0.150. The smallest absolute Gasteiger partial charge is 0.330 e. The van der Waals surface area contributed by atoms with Crippen LogP contribution in [0, 0.1) is 0 Å². The van der Waals surface area contributed by atoms with Gasteiger partial charge in [-0.3, -0.25) is 0 Å². The Morgan fingerprint density at radius 1 is 0.333 bits per heavy atom. The Bertz CT molecular complexity index is 611. The van der Waals surface area contributed by atoms with Gasteiger partial charge in [0, 0.05) is 6.08 Å². The number of rotatable bonds is 42. The molecule has 0 aromatic heterocycles. The van der Waals surface area contributed by atoms with Gasteiger partial charge in [-0.2, -0.15) is 0 Å². The van der Waals surface area contributed by atoms with E-state index in [2.05, 4.69) is 13.8 Å². The van der Waals surface area contributed by atoms with E-state index in [4.69, 9.17) is 4.74 Å². The van der Waals surface area contributed by atoms with Crippen molar-refractivity contribution < 1.29 is 9.53 Å². The third-order valence-corrected chi connectivity index (χ3v) is 10.5. The summed E-state index contributed by atoms with van der Waals surface area (Å²) in [5, 5.41) is 0. The standard InChI is InChI=1S/C46H90O2/c1-3-5-7-9-11-13-15-17-18-19-20-21-22-23-24-25-26-27-28-29-30-31-33-35-37-39-41-43-45-48-46(47)44-42-40-38-36-34-32-16-14-12-10-8-6-4-2/h42,44H,3-41,43,45H2,1-2H3. The average molecular weight is 675 g/mol. The first kappa shape index (κ1) is 47.2. The number of carbonyl (C=O) groups is 1. The van der Waals surface area contributed by atoms with Gasteiger partial charge in [0.2, 0.25) is 0 Å². The first-order valence-electron chi connectivity index (χ1n) is 22.6. The van der Waals surface area contributed by atoms with Crippen LogP contribution < -0.4 is 0 Å². The number of unbranched alkanes of at least 4 members (excludes halogenated alkanes) is 38. The van der Waals surface area contributed by atoms with Crippen molar-refractivity contribution in [2.45, 2.75) is 271 Å². The van der Waals surface area contributed by atoms with Crippen molar-refractivity contribution in [2.24, 2.45) is 0 Å². The molecule has 0 saturated heterocycles. The van der Waals surface area contributed by atoms with Gasteiger partial charge in [-0.25, -0.2) is 4.79 Å². The van der Waals surface area contributed by atoms with E-state index in [9.17, 15) is 4.79 Å². The Hall–Kier alpha value is -0.790. The fraction of sp³-hybridized carbons (Fsp3) is 0.935. The number of allylic oxidation sites excluding steroid dienone is 1. The van der Waals surface area contributed by atoms with Crippen molar-refractivity contribution in [3.8, 4) is 0 Å². The van der Waals surface area contributed by atoms with Crippen LogP contribution in [0.2, 0.25) is 0 Å². The van der Waals surface area contributed by atoms with E-state index in [0.717, 1.165) is 12.8 Å². The maximum Gasteiger partial charge on any atom is 0.330 e. The SMILES string of the molecule is CCCCCCCCCCCCCC=CC(=O)OCCCCCCCCCCCCCCCCCCCCCCCCCCCCCC. The Morgan fingerprint density at radius 3 is 0.833 bits per heavy atom. The highest BCUT2D eigenvalue weighted by molar-refractivity contribution is 5.81. The summed E-state index contributed by atoms with van der Waals surface area (Å²) >= 11 is 0. The lowest BCUT2D eigenvalue weighted by molar-refractivity contribution is -0.137. The monoisotopic (exact) mass is 675 g/mol. The zero-order chi connectivity index (χ0) is 34.7. The average Bonchev–Trinajstić information content (AvgIpc) is 3.09. The zero-order valence-corrected chi connectivity index (χ0v) is 33.5. The summed E-state index contributed by atoms with van der Waals surface area (Å²) in [7, 11) is 0. The molecule has 0 aromatic carbocycles. The molecule has 0 heterocycles. The third-order valence-electron chi connectivity index (χ3n) is 10.5. The van der Waals surface area contributed by atoms with Gasteiger partial charge in [-0.05, 0) is 19.3 Å². The lowest BCUT2D eigenvalue weighted by Gasteiger charge is -2.05. The molecule has 0 aromatic rings. The highest BCUT2D eigenvalue weighted by atomic mass is 16.5. The molecule has 0 aliphatic heterocycles. The molecule has 2 nitrogen and oxygen atoms in total. The Labute approximate surface area is 304 Å². The summed E-state index contributed by atoms with van der Waals surface area (Å²) in [5.74, 6) is -0.150. The number of esters is 1. The molecule has 0 rings (SSSR count). The number of hydrogen-bond donors (Lipinski definition) is 0. The summed E-state index contributed by atoms with van der Waals surface area (Å²) in [6, 6.07) is 0. The second kappa shape index (κ2) is 44.2. The van der Waals surface area contributed by atoms with Gasteiger partial charge in [0.25, 0.3) is 0 Å². The van der Waals surface area contributed by atoms with Crippen LogP contribution in [0.15, 0.2) is 12.2 Å². The van der Waals surface area contributed by atoms with Gasteiger partial charge < -0.3 is 4.74 Å². The molecule has 0 fully saturated rings. The minimum Gasteiger partial charge on any atom is -0.463 e. The van der Waals surface area contributed by atoms with E-state index in [0.29, 0.717) is 6.61 Å². The van der Waals surface area contributed by atoms with E-state index in [1.54, 1.807) is 6.08 Å². The van der Waals surface area contributed by atoms with Gasteiger partial charge >= 0.3 is 5.97 Å². The molecule has 48 heavy (non-hydrogen) atoms. The van der Waals surface area contributed by atoms with E-state index >= 15 is 0 Å². The summed E-state index contributed by atoms with van der Waals surface area (Å²) in [6.45, 7) is 5.17. The topological polar surface area (TPSA) is 26.3 Å². The van der Waals surface area contributed by atoms with Crippen molar-refractivity contribution in [3.05, 3.63) is 12.2 Å². The maximum absolute atomic E-state index is 11.9. The van der Waals surface area contributed by atoms with Gasteiger partial charge in [0.1, 0.15) is 0 Å². The molecule has 0 aliphatic rings. The van der Waals surface area contributed by atoms with Crippen molar-refractivity contribution in [1.29, 1.82) is 0 Å². The van der Waals surface area contributed by atoms with Crippen LogP contribution in [-0.4, -0.2) is 12.6 Å². The van der Waals surface area contributed by atoms with Gasteiger partial charge in [0.05, 0.1) is 6.61 Å². The molecule has 0 bridgehead atoms. The second-order valence-corrected chi connectivity index (χ2v) is 15.4. The molecule has 0 saturated carbocycles. The van der Waals surface area contributed by atoms with Crippen molar-refractivity contribution >= 4 is 5.97 Å². The molecule has 0 atom stereocenters. The lowest BCUT2D eigenvalue weighted by atomic mass is 10.0. The second-order valence-electron chi connectivity index (χ2n) is 15.4. The van der Waals surface area contributed by atoms with Gasteiger partial charge in [-0.1, -0.05) is 257 Å². The fourth-order valence-electron chi connectivity index (χ4n) is 7.10. The maximum atomic E-state index is 11.9. The lowest BCUT2D eigenvalue weighted by Crippen LogP contribution is -2.02. The van der Waals surface area contributed by atoms with Crippen LogP contribution in [0.1, 0.15) is 271 Å². The predicted molar refractivity (Wildman–Crippen MR) is 216 cm³/mol. The summed E-state index contributed by atoms with van der Waals surface area (Å²) in [5.41, 5.74) is 0. The molecule has 0 radical (unpaired) electrons. The Kier molecular flexibility index (Phi) is 43.5. The molecular formula is C46H90O2. The van der Waals surface area contributed by atoms with Gasteiger partial charge in [0.15, 0.2) is 0 Å². The summed E-state index contributed by atoms with van der Waals surface area (Å²) in [6.07, 6.45) is 59.4. The summed E-state index contributed by atoms with van der Waals surface area (Å²) < 4.78 is 5.38. The van der Waals surface area contributed by atoms with Crippen LogP contribution in [-0.2, 0) is 9.53 Å². The van der Waals surface area contributed by atoms with Crippen LogP contribution in [0.4, 0.5) is 0 Å². The van der Waals surface area contributed by atoms with Crippen LogP contribution in [0.25, 0.3) is 0 Å². The molecule has 0 spiro atoms.